The Bertz CT molecular complexity index is 1510. The van der Waals surface area contributed by atoms with Crippen LogP contribution in [0.3, 0.4) is 0 Å². The van der Waals surface area contributed by atoms with Crippen LogP contribution in [0.5, 0.6) is 0 Å². The van der Waals surface area contributed by atoms with E-state index in [2.05, 4.69) is 102 Å². The summed E-state index contributed by atoms with van der Waals surface area (Å²) in [5.41, 5.74) is 3.65. The van der Waals surface area contributed by atoms with E-state index in [1.165, 1.54) is 60.0 Å². The van der Waals surface area contributed by atoms with Crippen LogP contribution in [0, 0.1) is 0 Å². The maximum absolute atomic E-state index is 3.74. The smallest absolute Gasteiger partial charge is 0.124 e. The van der Waals surface area contributed by atoms with Crippen molar-refractivity contribution in [2.75, 3.05) is 10.6 Å². The lowest BCUT2D eigenvalue weighted by Gasteiger charge is -2.31. The van der Waals surface area contributed by atoms with Gasteiger partial charge in [0.15, 0.2) is 0 Å². The van der Waals surface area contributed by atoms with Gasteiger partial charge in [0.05, 0.1) is 0 Å². The molecule has 2 nitrogen and oxygen atoms in total. The van der Waals surface area contributed by atoms with Gasteiger partial charge in [0.1, 0.15) is 6.17 Å². The molecule has 2 N–H and O–H groups in total. The molecule has 0 radical (unpaired) electrons. The summed E-state index contributed by atoms with van der Waals surface area (Å²) in [6.45, 7) is 0. The summed E-state index contributed by atoms with van der Waals surface area (Å²) >= 11 is 0. The molecular formula is C27H18N2. The Hall–Kier alpha value is -3.78. The van der Waals surface area contributed by atoms with Crippen LogP contribution in [0.25, 0.3) is 43.1 Å². The molecule has 2 heteroatoms. The molecular weight excluding hydrogens is 352 g/mol. The molecule has 0 atom stereocenters. The van der Waals surface area contributed by atoms with Gasteiger partial charge in [-0.15, -0.1) is 0 Å². The van der Waals surface area contributed by atoms with Gasteiger partial charge in [-0.05, 0) is 49.8 Å². The topological polar surface area (TPSA) is 24.1 Å². The van der Waals surface area contributed by atoms with Gasteiger partial charge < -0.3 is 10.6 Å². The van der Waals surface area contributed by atoms with Gasteiger partial charge in [-0.3, -0.25) is 0 Å². The predicted octanol–water partition coefficient (Wildman–Crippen LogP) is 7.27. The summed E-state index contributed by atoms with van der Waals surface area (Å²) in [6, 6.07) is 33.0. The molecule has 1 aliphatic rings. The van der Waals surface area contributed by atoms with Gasteiger partial charge >= 0.3 is 0 Å². The standard InChI is InChI=1S/C27H18N2/c1-4-17-10-11-19-13-15-21(20-14-12-18(5-1)24(17)25(19)20)27-28-22-8-2-6-16-7-3-9-23(29-27)26(16)22/h1-15,27-29H. The molecule has 6 aromatic carbocycles. The van der Waals surface area contributed by atoms with Crippen LogP contribution in [-0.4, -0.2) is 0 Å². The Morgan fingerprint density at radius 1 is 0.448 bits per heavy atom. The van der Waals surface area contributed by atoms with Crippen LogP contribution >= 0.6 is 0 Å². The third-order valence-electron chi connectivity index (χ3n) is 6.38. The number of hydrogen-bond acceptors (Lipinski definition) is 2. The molecule has 136 valence electrons. The number of anilines is 2. The van der Waals surface area contributed by atoms with E-state index in [0.717, 1.165) is 0 Å². The zero-order valence-corrected chi connectivity index (χ0v) is 15.7. The van der Waals surface area contributed by atoms with Gasteiger partial charge in [0.25, 0.3) is 0 Å². The van der Waals surface area contributed by atoms with E-state index in [0.29, 0.717) is 0 Å². The summed E-state index contributed by atoms with van der Waals surface area (Å²) in [5.74, 6) is 0. The van der Waals surface area contributed by atoms with Gasteiger partial charge in [-0.2, -0.15) is 0 Å². The van der Waals surface area contributed by atoms with E-state index in [1.807, 2.05) is 0 Å². The van der Waals surface area contributed by atoms with Crippen molar-refractivity contribution in [3.8, 4) is 0 Å². The molecule has 0 fully saturated rings. The monoisotopic (exact) mass is 370 g/mol. The van der Waals surface area contributed by atoms with E-state index in [1.54, 1.807) is 0 Å². The van der Waals surface area contributed by atoms with Gasteiger partial charge in [-0.25, -0.2) is 0 Å². The highest BCUT2D eigenvalue weighted by Gasteiger charge is 2.22. The Balaban J connectivity index is 1.49. The Kier molecular flexibility index (Phi) is 2.82. The normalized spacial score (nSPS) is 13.9. The quantitative estimate of drug-likeness (QED) is 0.297. The number of hydrogen-bond donors (Lipinski definition) is 2. The first kappa shape index (κ1) is 15.2. The average molecular weight is 370 g/mol. The van der Waals surface area contributed by atoms with Crippen LogP contribution in [-0.2, 0) is 0 Å². The largest absolute Gasteiger partial charge is 0.361 e. The maximum atomic E-state index is 3.74. The molecule has 29 heavy (non-hydrogen) atoms. The van der Waals surface area contributed by atoms with Crippen molar-refractivity contribution in [2.24, 2.45) is 0 Å². The van der Waals surface area contributed by atoms with Gasteiger partial charge in [0.2, 0.25) is 0 Å². The second-order valence-corrected chi connectivity index (χ2v) is 7.94. The molecule has 0 bridgehead atoms. The van der Waals surface area contributed by atoms with Crippen LogP contribution in [0.1, 0.15) is 11.7 Å². The molecule has 1 aliphatic heterocycles. The van der Waals surface area contributed by atoms with Gasteiger partial charge in [0, 0.05) is 22.3 Å². The molecule has 7 rings (SSSR count). The van der Waals surface area contributed by atoms with E-state index in [9.17, 15) is 0 Å². The molecule has 0 saturated carbocycles. The first-order valence-electron chi connectivity index (χ1n) is 10.1. The SMILES string of the molecule is c1cc2c3c(cccc3c1)NC(c1ccc3ccc4cccc5ccc1c3c45)N2. The summed E-state index contributed by atoms with van der Waals surface area (Å²) in [4.78, 5) is 0. The molecule has 0 amide bonds. The highest BCUT2D eigenvalue weighted by molar-refractivity contribution is 6.23. The second kappa shape index (κ2) is 5.39. The minimum absolute atomic E-state index is 0.0278. The number of benzene rings is 6. The zero-order chi connectivity index (χ0) is 18.9. The van der Waals surface area contributed by atoms with Crippen molar-refractivity contribution in [3.63, 3.8) is 0 Å². The molecule has 0 spiro atoms. The van der Waals surface area contributed by atoms with Gasteiger partial charge in [-0.1, -0.05) is 78.9 Å². The Morgan fingerprint density at radius 2 is 0.966 bits per heavy atom. The fraction of sp³-hybridized carbons (Fsp3) is 0.0370. The Morgan fingerprint density at radius 3 is 1.66 bits per heavy atom. The number of nitrogens with one attached hydrogen (secondary N) is 2. The lowest BCUT2D eigenvalue weighted by molar-refractivity contribution is 0.907. The lowest BCUT2D eigenvalue weighted by Crippen LogP contribution is -2.23. The second-order valence-electron chi connectivity index (χ2n) is 7.94. The van der Waals surface area contributed by atoms with Crippen molar-refractivity contribution in [1.82, 2.24) is 0 Å². The van der Waals surface area contributed by atoms with E-state index in [4.69, 9.17) is 0 Å². The lowest BCUT2D eigenvalue weighted by atomic mass is 9.90. The molecule has 0 aromatic heterocycles. The third-order valence-corrected chi connectivity index (χ3v) is 6.38. The Labute approximate surface area is 168 Å². The summed E-state index contributed by atoms with van der Waals surface area (Å²) in [5, 5.41) is 17.9. The van der Waals surface area contributed by atoms with Crippen molar-refractivity contribution in [3.05, 3.63) is 96.6 Å². The summed E-state index contributed by atoms with van der Waals surface area (Å²) in [7, 11) is 0. The third kappa shape index (κ3) is 2.01. The van der Waals surface area contributed by atoms with Crippen molar-refractivity contribution in [2.45, 2.75) is 6.17 Å². The average Bonchev–Trinajstić information content (AvgIpc) is 2.78. The summed E-state index contributed by atoms with van der Waals surface area (Å²) < 4.78 is 0. The van der Waals surface area contributed by atoms with Crippen LogP contribution in [0.2, 0.25) is 0 Å². The molecule has 0 unspecified atom stereocenters. The first-order valence-corrected chi connectivity index (χ1v) is 10.1. The fourth-order valence-corrected chi connectivity index (χ4v) is 5.09. The van der Waals surface area contributed by atoms with Crippen molar-refractivity contribution in [1.29, 1.82) is 0 Å². The highest BCUT2D eigenvalue weighted by Crippen LogP contribution is 2.42. The van der Waals surface area contributed by atoms with E-state index < -0.39 is 0 Å². The fourth-order valence-electron chi connectivity index (χ4n) is 5.09. The first-order chi connectivity index (χ1) is 14.4. The number of rotatable bonds is 1. The van der Waals surface area contributed by atoms with Crippen LogP contribution in [0.15, 0.2) is 91.0 Å². The van der Waals surface area contributed by atoms with E-state index in [-0.39, 0.29) is 6.17 Å². The summed E-state index contributed by atoms with van der Waals surface area (Å²) in [6.07, 6.45) is 0.0278. The molecule has 0 saturated heterocycles. The van der Waals surface area contributed by atoms with Crippen molar-refractivity contribution < 1.29 is 0 Å². The molecule has 1 heterocycles. The molecule has 6 aromatic rings. The highest BCUT2D eigenvalue weighted by atomic mass is 15.1. The van der Waals surface area contributed by atoms with Crippen molar-refractivity contribution >= 4 is 54.5 Å². The van der Waals surface area contributed by atoms with Crippen LogP contribution < -0.4 is 10.6 Å². The predicted molar refractivity (Wildman–Crippen MR) is 124 cm³/mol. The zero-order valence-electron chi connectivity index (χ0n) is 15.7. The minimum Gasteiger partial charge on any atom is -0.361 e. The molecule has 0 aliphatic carbocycles. The van der Waals surface area contributed by atoms with E-state index >= 15 is 0 Å². The van der Waals surface area contributed by atoms with Crippen LogP contribution in [0.4, 0.5) is 11.4 Å². The minimum atomic E-state index is 0.0278. The maximum Gasteiger partial charge on any atom is 0.124 e.